The van der Waals surface area contributed by atoms with E-state index in [1.54, 1.807) is 24.3 Å². The molecule has 0 N–H and O–H groups in total. The van der Waals surface area contributed by atoms with Gasteiger partial charge in [-0.2, -0.15) is 5.26 Å². The summed E-state index contributed by atoms with van der Waals surface area (Å²) in [5.74, 6) is 0. The zero-order chi connectivity index (χ0) is 19.4. The van der Waals surface area contributed by atoms with Crippen LogP contribution in [0.1, 0.15) is 24.0 Å². The number of halogens is 2. The number of nitro groups is 1. The van der Waals surface area contributed by atoms with Gasteiger partial charge in [0.2, 0.25) is 0 Å². The van der Waals surface area contributed by atoms with Crippen LogP contribution in [-0.4, -0.2) is 24.1 Å². The van der Waals surface area contributed by atoms with Crippen LogP contribution in [0.5, 0.6) is 0 Å². The van der Waals surface area contributed by atoms with Crippen molar-refractivity contribution in [2.24, 2.45) is 0 Å². The van der Waals surface area contributed by atoms with Gasteiger partial charge in [0.05, 0.1) is 39.3 Å². The second-order valence-electron chi connectivity index (χ2n) is 6.32. The quantitative estimate of drug-likeness (QED) is 0.518. The minimum Gasteiger partial charge on any atom is -0.373 e. The number of anilines is 1. The van der Waals surface area contributed by atoms with Gasteiger partial charge in [0.15, 0.2) is 0 Å². The first-order chi connectivity index (χ1) is 13.0. The number of nitrogens with zero attached hydrogens (tertiary/aromatic N) is 3. The molecule has 0 radical (unpaired) electrons. The summed E-state index contributed by atoms with van der Waals surface area (Å²) in [7, 11) is 0. The summed E-state index contributed by atoms with van der Waals surface area (Å²) in [6.07, 6.45) is 1.60. The molecule has 1 saturated heterocycles. The second kappa shape index (κ2) is 8.57. The third-order valence-corrected chi connectivity index (χ3v) is 5.29. The van der Waals surface area contributed by atoms with E-state index in [9.17, 15) is 10.1 Å². The van der Waals surface area contributed by atoms with Gasteiger partial charge < -0.3 is 9.64 Å². The maximum absolute atomic E-state index is 11.3. The largest absolute Gasteiger partial charge is 0.373 e. The molecule has 0 saturated carbocycles. The number of hydrogen-bond acceptors (Lipinski definition) is 5. The molecule has 1 aliphatic heterocycles. The Kier molecular flexibility index (Phi) is 6.17. The monoisotopic (exact) mass is 405 g/mol. The maximum atomic E-state index is 11.3. The van der Waals surface area contributed by atoms with Gasteiger partial charge in [-0.25, -0.2) is 0 Å². The van der Waals surface area contributed by atoms with Gasteiger partial charge in [-0.1, -0.05) is 29.3 Å². The average Bonchev–Trinajstić information content (AvgIpc) is 2.69. The van der Waals surface area contributed by atoms with Crippen LogP contribution in [0.3, 0.4) is 0 Å². The predicted molar refractivity (Wildman–Crippen MR) is 104 cm³/mol. The Morgan fingerprint density at radius 2 is 1.93 bits per heavy atom. The first-order valence-corrected chi connectivity index (χ1v) is 9.22. The normalized spacial score (nSPS) is 14.8. The molecule has 0 aromatic heterocycles. The van der Waals surface area contributed by atoms with Gasteiger partial charge in [0.25, 0.3) is 5.69 Å². The summed E-state index contributed by atoms with van der Waals surface area (Å²) in [4.78, 5) is 12.9. The van der Waals surface area contributed by atoms with Crippen molar-refractivity contribution in [2.75, 3.05) is 18.0 Å². The molecule has 8 heteroatoms. The van der Waals surface area contributed by atoms with Gasteiger partial charge in [-0.05, 0) is 42.7 Å². The van der Waals surface area contributed by atoms with Crippen LogP contribution in [0.25, 0.3) is 0 Å². The van der Waals surface area contributed by atoms with Crippen molar-refractivity contribution in [3.05, 3.63) is 67.7 Å². The fraction of sp³-hybridized carbons (Fsp3) is 0.316. The Labute approximate surface area is 167 Å². The number of piperidine rings is 1. The van der Waals surface area contributed by atoms with Gasteiger partial charge in [-0.3, -0.25) is 10.1 Å². The summed E-state index contributed by atoms with van der Waals surface area (Å²) < 4.78 is 5.96. The van der Waals surface area contributed by atoms with Crippen LogP contribution >= 0.6 is 23.2 Å². The number of rotatable bonds is 5. The number of benzene rings is 2. The van der Waals surface area contributed by atoms with E-state index in [0.717, 1.165) is 18.4 Å². The molecule has 1 aliphatic rings. The molecule has 1 fully saturated rings. The molecule has 6 nitrogen and oxygen atoms in total. The van der Waals surface area contributed by atoms with E-state index < -0.39 is 4.92 Å². The maximum Gasteiger partial charge on any atom is 0.293 e. The van der Waals surface area contributed by atoms with Crippen molar-refractivity contribution >= 4 is 34.6 Å². The lowest BCUT2D eigenvalue weighted by molar-refractivity contribution is -0.384. The van der Waals surface area contributed by atoms with Crippen molar-refractivity contribution in [1.29, 1.82) is 5.26 Å². The predicted octanol–water partition coefficient (Wildman–Crippen LogP) is 4.96. The number of nitro benzene ring substituents is 1. The van der Waals surface area contributed by atoms with Crippen molar-refractivity contribution < 1.29 is 9.66 Å². The summed E-state index contributed by atoms with van der Waals surface area (Å²) in [5, 5.41) is 21.3. The molecule has 0 atom stereocenters. The summed E-state index contributed by atoms with van der Waals surface area (Å²) >= 11 is 11.9. The Balaban J connectivity index is 1.60. The molecule has 1 heterocycles. The third kappa shape index (κ3) is 4.69. The Bertz CT molecular complexity index is 890. The van der Waals surface area contributed by atoms with E-state index in [1.807, 2.05) is 17.0 Å². The van der Waals surface area contributed by atoms with E-state index in [1.165, 1.54) is 6.07 Å². The summed E-state index contributed by atoms with van der Waals surface area (Å²) in [5.41, 5.74) is 1.74. The molecular weight excluding hydrogens is 389 g/mol. The van der Waals surface area contributed by atoms with Crippen LogP contribution < -0.4 is 4.90 Å². The summed E-state index contributed by atoms with van der Waals surface area (Å²) in [6, 6.07) is 11.9. The van der Waals surface area contributed by atoms with Crippen molar-refractivity contribution in [1.82, 2.24) is 0 Å². The summed E-state index contributed by atoms with van der Waals surface area (Å²) in [6.45, 7) is 1.75. The SMILES string of the molecule is N#Cc1ccc(N2CCC(OCc3ccc(Cl)c(Cl)c3)CC2)c([N+](=O)[O-])c1. The Morgan fingerprint density at radius 1 is 1.19 bits per heavy atom. The highest BCUT2D eigenvalue weighted by Gasteiger charge is 2.25. The third-order valence-electron chi connectivity index (χ3n) is 4.55. The highest BCUT2D eigenvalue weighted by atomic mass is 35.5. The molecule has 3 rings (SSSR count). The van der Waals surface area contributed by atoms with Gasteiger partial charge in [-0.15, -0.1) is 0 Å². The fourth-order valence-corrected chi connectivity index (χ4v) is 3.43. The minimum atomic E-state index is -0.441. The van der Waals surface area contributed by atoms with E-state index in [0.29, 0.717) is 35.4 Å². The zero-order valence-electron chi connectivity index (χ0n) is 14.4. The molecule has 0 spiro atoms. The molecule has 0 amide bonds. The molecule has 0 unspecified atom stereocenters. The van der Waals surface area contributed by atoms with E-state index in [4.69, 9.17) is 33.2 Å². The molecule has 2 aromatic rings. The van der Waals surface area contributed by atoms with Crippen molar-refractivity contribution in [2.45, 2.75) is 25.6 Å². The lowest BCUT2D eigenvalue weighted by atomic mass is 10.1. The molecular formula is C19H17Cl2N3O3. The first-order valence-electron chi connectivity index (χ1n) is 8.47. The fourth-order valence-electron chi connectivity index (χ4n) is 3.11. The molecule has 0 bridgehead atoms. The molecule has 140 valence electrons. The van der Waals surface area contributed by atoms with E-state index in [-0.39, 0.29) is 17.4 Å². The van der Waals surface area contributed by atoms with Crippen LogP contribution in [0, 0.1) is 21.4 Å². The van der Waals surface area contributed by atoms with Gasteiger partial charge in [0.1, 0.15) is 5.69 Å². The van der Waals surface area contributed by atoms with Crippen molar-refractivity contribution in [3.8, 4) is 6.07 Å². The smallest absolute Gasteiger partial charge is 0.293 e. The lowest BCUT2D eigenvalue weighted by Gasteiger charge is -2.33. The van der Waals surface area contributed by atoms with E-state index in [2.05, 4.69) is 0 Å². The van der Waals surface area contributed by atoms with Crippen LogP contribution in [0.15, 0.2) is 36.4 Å². The lowest BCUT2D eigenvalue weighted by Crippen LogP contribution is -2.37. The van der Waals surface area contributed by atoms with Crippen LogP contribution in [0.2, 0.25) is 10.0 Å². The molecule has 2 aromatic carbocycles. The van der Waals surface area contributed by atoms with Gasteiger partial charge >= 0.3 is 0 Å². The first kappa shape index (κ1) is 19.4. The average molecular weight is 406 g/mol. The number of ether oxygens (including phenoxy) is 1. The highest BCUT2D eigenvalue weighted by Crippen LogP contribution is 2.32. The van der Waals surface area contributed by atoms with Gasteiger partial charge in [0, 0.05) is 19.2 Å². The number of nitriles is 1. The highest BCUT2D eigenvalue weighted by molar-refractivity contribution is 6.42. The molecule has 0 aliphatic carbocycles. The Morgan fingerprint density at radius 3 is 2.56 bits per heavy atom. The molecule has 27 heavy (non-hydrogen) atoms. The second-order valence-corrected chi connectivity index (χ2v) is 7.13. The van der Waals surface area contributed by atoms with Crippen molar-refractivity contribution in [3.63, 3.8) is 0 Å². The topological polar surface area (TPSA) is 79.4 Å². The van der Waals surface area contributed by atoms with Crippen LogP contribution in [0.4, 0.5) is 11.4 Å². The Hall–Kier alpha value is -2.33. The van der Waals surface area contributed by atoms with Crippen LogP contribution in [-0.2, 0) is 11.3 Å². The minimum absolute atomic E-state index is 0.0378. The zero-order valence-corrected chi connectivity index (χ0v) is 15.9. The number of hydrogen-bond donors (Lipinski definition) is 0. The standard InChI is InChI=1S/C19H17Cl2N3O3/c20-16-3-1-14(9-17(16)21)12-27-15-5-7-23(8-6-15)18-4-2-13(11-22)10-19(18)24(25)26/h1-4,9-10,15H,5-8,12H2. The van der Waals surface area contributed by atoms with E-state index >= 15 is 0 Å².